The normalized spacial score (nSPS) is 11.7. The summed E-state index contributed by atoms with van der Waals surface area (Å²) in [5.41, 5.74) is 1.38. The van der Waals surface area contributed by atoms with Crippen molar-refractivity contribution in [2.45, 2.75) is 5.22 Å². The molecule has 0 fully saturated rings. The van der Waals surface area contributed by atoms with E-state index in [2.05, 4.69) is 4.98 Å². The van der Waals surface area contributed by atoms with Crippen LogP contribution in [0.4, 0.5) is 5.69 Å². The van der Waals surface area contributed by atoms with E-state index in [9.17, 15) is 20.0 Å². The second-order valence-corrected chi connectivity index (χ2v) is 6.83. The molecule has 2 aromatic carbocycles. The molecule has 4 rings (SSSR count). The first-order valence-corrected chi connectivity index (χ1v) is 9.15. The van der Waals surface area contributed by atoms with Gasteiger partial charge in [-0.05, 0) is 42.1 Å². The minimum Gasteiger partial charge on any atom is -0.477 e. The fourth-order valence-electron chi connectivity index (χ4n) is 2.67. The van der Waals surface area contributed by atoms with Gasteiger partial charge in [0, 0.05) is 12.1 Å². The molecule has 0 aliphatic heterocycles. The van der Waals surface area contributed by atoms with E-state index in [1.807, 2.05) is 0 Å². The summed E-state index contributed by atoms with van der Waals surface area (Å²) in [6, 6.07) is 16.4. The van der Waals surface area contributed by atoms with Crippen LogP contribution in [0.5, 0.6) is 0 Å². The van der Waals surface area contributed by atoms with Crippen LogP contribution in [0.3, 0.4) is 0 Å². The van der Waals surface area contributed by atoms with Crippen molar-refractivity contribution in [3.63, 3.8) is 0 Å². The topological polar surface area (TPSA) is 120 Å². The Morgan fingerprint density at radius 1 is 1.07 bits per heavy atom. The number of benzene rings is 2. The summed E-state index contributed by atoms with van der Waals surface area (Å²) in [4.78, 5) is 26.5. The van der Waals surface area contributed by atoms with Crippen molar-refractivity contribution in [1.29, 1.82) is 0 Å². The number of nitro groups is 1. The number of aromatic nitrogens is 1. The summed E-state index contributed by atoms with van der Waals surface area (Å²) in [7, 11) is 0. The Balaban J connectivity index is 1.65. The molecule has 9 heteroatoms. The molecule has 0 spiro atoms. The molecule has 0 bridgehead atoms. The van der Waals surface area contributed by atoms with E-state index < -0.39 is 10.9 Å². The molecular weight excluding hydrogens is 396 g/mol. The van der Waals surface area contributed by atoms with Crippen molar-refractivity contribution in [2.75, 3.05) is 0 Å². The van der Waals surface area contributed by atoms with Gasteiger partial charge in [-0.2, -0.15) is 0 Å². The number of carboxylic acids is 1. The van der Waals surface area contributed by atoms with Crippen molar-refractivity contribution in [1.82, 2.24) is 4.98 Å². The Morgan fingerprint density at radius 3 is 2.59 bits per heavy atom. The molecule has 4 aromatic rings. The van der Waals surface area contributed by atoms with Gasteiger partial charge in [-0.3, -0.25) is 10.1 Å². The summed E-state index contributed by atoms with van der Waals surface area (Å²) in [6.45, 7) is 0. The zero-order valence-electron chi connectivity index (χ0n) is 14.6. The van der Waals surface area contributed by atoms with E-state index >= 15 is 0 Å². The Bertz CT molecular complexity index is 1220. The predicted molar refractivity (Wildman–Crippen MR) is 106 cm³/mol. The molecule has 0 unspecified atom stereocenters. The summed E-state index contributed by atoms with van der Waals surface area (Å²) >= 11 is 0.846. The minimum absolute atomic E-state index is 0.0694. The second kappa shape index (κ2) is 7.64. The van der Waals surface area contributed by atoms with Gasteiger partial charge < -0.3 is 13.9 Å². The Hall–Kier alpha value is -3.85. The third-order valence-electron chi connectivity index (χ3n) is 3.95. The van der Waals surface area contributed by atoms with Gasteiger partial charge in [-0.15, -0.1) is 0 Å². The molecule has 8 nitrogen and oxygen atoms in total. The zero-order valence-corrected chi connectivity index (χ0v) is 15.5. The van der Waals surface area contributed by atoms with Crippen molar-refractivity contribution in [3.05, 3.63) is 81.4 Å². The van der Waals surface area contributed by atoms with E-state index in [0.29, 0.717) is 16.7 Å². The van der Waals surface area contributed by atoms with Gasteiger partial charge in [0.2, 0.25) is 0 Å². The molecule has 0 saturated heterocycles. The van der Waals surface area contributed by atoms with Crippen LogP contribution in [0.25, 0.3) is 28.5 Å². The van der Waals surface area contributed by atoms with Gasteiger partial charge >= 0.3 is 5.97 Å². The number of hydrogen-bond donors (Lipinski definition) is 1. The Morgan fingerprint density at radius 2 is 1.83 bits per heavy atom. The molecule has 0 atom stereocenters. The number of oxazole rings is 1. The minimum atomic E-state index is -1.18. The summed E-state index contributed by atoms with van der Waals surface area (Å²) in [5, 5.41) is 20.9. The molecule has 0 radical (unpaired) electrons. The van der Waals surface area contributed by atoms with Gasteiger partial charge in [0.25, 0.3) is 10.9 Å². The largest absolute Gasteiger partial charge is 0.477 e. The summed E-state index contributed by atoms with van der Waals surface area (Å²) in [5.74, 6) is -0.680. The fraction of sp³-hybridized carbons (Fsp3) is 0. The van der Waals surface area contributed by atoms with E-state index in [-0.39, 0.29) is 27.3 Å². The maximum absolute atomic E-state index is 11.7. The number of nitrogens with zero attached hydrogens (tertiary/aromatic N) is 2. The molecule has 0 saturated carbocycles. The van der Waals surface area contributed by atoms with Crippen molar-refractivity contribution in [2.24, 2.45) is 0 Å². The van der Waals surface area contributed by atoms with Crippen LogP contribution in [0.2, 0.25) is 0 Å². The van der Waals surface area contributed by atoms with Gasteiger partial charge in [0.05, 0.1) is 10.5 Å². The monoisotopic (exact) mass is 408 g/mol. The standard InChI is InChI=1S/C20H12N2O6S/c23-19(24)18(29-20-21-14-6-2-4-8-17(14)28-20)11-12-9-10-16(27-12)13-5-1-3-7-15(13)22(25)26/h1-11H,(H,23,24)/b18-11-. The highest BCUT2D eigenvalue weighted by atomic mass is 32.2. The number of furan rings is 1. The Labute approximate surface area is 167 Å². The Kier molecular flexibility index (Phi) is 4.88. The molecule has 2 aromatic heterocycles. The number of carbonyl (C=O) groups is 1. The van der Waals surface area contributed by atoms with Crippen LogP contribution in [0, 0.1) is 10.1 Å². The summed E-state index contributed by atoms with van der Waals surface area (Å²) < 4.78 is 11.2. The van der Waals surface area contributed by atoms with Crippen LogP contribution in [0.15, 0.2) is 79.6 Å². The number of fused-ring (bicyclic) bond motifs is 1. The molecule has 2 heterocycles. The van der Waals surface area contributed by atoms with Gasteiger partial charge in [0.1, 0.15) is 21.9 Å². The van der Waals surface area contributed by atoms with Gasteiger partial charge in [0.15, 0.2) is 5.58 Å². The van der Waals surface area contributed by atoms with Crippen LogP contribution in [-0.4, -0.2) is 21.0 Å². The smallest absolute Gasteiger partial charge is 0.342 e. The fourth-order valence-corrected chi connectivity index (χ4v) is 3.40. The lowest BCUT2D eigenvalue weighted by Crippen LogP contribution is -1.96. The van der Waals surface area contributed by atoms with E-state index in [1.165, 1.54) is 12.1 Å². The maximum Gasteiger partial charge on any atom is 0.342 e. The maximum atomic E-state index is 11.7. The lowest BCUT2D eigenvalue weighted by molar-refractivity contribution is -0.384. The highest BCUT2D eigenvalue weighted by molar-refractivity contribution is 8.03. The van der Waals surface area contributed by atoms with Gasteiger partial charge in [-0.1, -0.05) is 24.3 Å². The second-order valence-electron chi connectivity index (χ2n) is 5.84. The third kappa shape index (κ3) is 3.90. The highest BCUT2D eigenvalue weighted by Gasteiger charge is 2.19. The number of hydrogen-bond acceptors (Lipinski definition) is 7. The van der Waals surface area contributed by atoms with Crippen LogP contribution in [0.1, 0.15) is 5.76 Å². The zero-order chi connectivity index (χ0) is 20.4. The molecular formula is C20H12N2O6S. The summed E-state index contributed by atoms with van der Waals surface area (Å²) in [6.07, 6.45) is 1.32. The van der Waals surface area contributed by atoms with Gasteiger partial charge in [-0.25, -0.2) is 9.78 Å². The predicted octanol–water partition coefficient (Wildman–Crippen LogP) is 5.21. The number of aliphatic carboxylic acids is 1. The van der Waals surface area contributed by atoms with Crippen molar-refractivity contribution < 1.29 is 23.7 Å². The first kappa shape index (κ1) is 18.5. The lowest BCUT2D eigenvalue weighted by Gasteiger charge is -1.99. The number of para-hydroxylation sites is 3. The SMILES string of the molecule is O=C(O)/C(=C/c1ccc(-c2ccccc2[N+](=O)[O-])o1)Sc1nc2ccccc2o1. The molecule has 0 aliphatic rings. The van der Waals surface area contributed by atoms with Crippen LogP contribution >= 0.6 is 11.8 Å². The lowest BCUT2D eigenvalue weighted by atomic mass is 10.1. The quantitative estimate of drug-likeness (QED) is 0.200. The van der Waals surface area contributed by atoms with Crippen LogP contribution in [-0.2, 0) is 4.79 Å². The number of nitro benzene ring substituents is 1. The molecule has 144 valence electrons. The number of thioether (sulfide) groups is 1. The average molecular weight is 408 g/mol. The third-order valence-corrected chi connectivity index (χ3v) is 4.81. The first-order chi connectivity index (χ1) is 14.0. The van der Waals surface area contributed by atoms with Crippen molar-refractivity contribution >= 4 is 40.6 Å². The van der Waals surface area contributed by atoms with E-state index in [0.717, 1.165) is 11.8 Å². The molecule has 0 amide bonds. The molecule has 29 heavy (non-hydrogen) atoms. The molecule has 0 aliphatic carbocycles. The van der Waals surface area contributed by atoms with Crippen LogP contribution < -0.4 is 0 Å². The van der Waals surface area contributed by atoms with E-state index in [1.54, 1.807) is 54.6 Å². The number of rotatable bonds is 6. The van der Waals surface area contributed by atoms with E-state index in [4.69, 9.17) is 8.83 Å². The average Bonchev–Trinajstić information content (AvgIpc) is 3.33. The van der Waals surface area contributed by atoms with Crippen molar-refractivity contribution in [3.8, 4) is 11.3 Å². The molecule has 1 N–H and O–H groups in total. The highest BCUT2D eigenvalue weighted by Crippen LogP contribution is 2.34. The first-order valence-electron chi connectivity index (χ1n) is 8.33. The number of carboxylic acid groups (broad SMARTS) is 1.